The van der Waals surface area contributed by atoms with E-state index in [1.165, 1.54) is 24.1 Å². The number of hydrogen-bond donors (Lipinski definition) is 2. The Morgan fingerprint density at radius 3 is 1.42 bits per heavy atom. The Balaban J connectivity index is 3.83. The van der Waals surface area contributed by atoms with E-state index in [2.05, 4.69) is 0 Å². The molecule has 0 aliphatic carbocycles. The number of hydrogen-bond acceptors (Lipinski definition) is 4. The normalized spacial score (nSPS) is 10.7. The molecule has 0 bridgehead atoms. The van der Waals surface area contributed by atoms with Crippen LogP contribution in [0.3, 0.4) is 0 Å². The quantitative estimate of drug-likeness (QED) is 0.519. The van der Waals surface area contributed by atoms with Crippen molar-refractivity contribution in [1.82, 2.24) is 10.0 Å². The minimum Gasteiger partial charge on any atom is -0.480 e. The summed E-state index contributed by atoms with van der Waals surface area (Å²) in [4.78, 5) is 20.4. The van der Waals surface area contributed by atoms with Gasteiger partial charge in [-0.25, -0.2) is 10.0 Å². The number of nitrogens with zero attached hydrogens (tertiary/aromatic N) is 2. The lowest BCUT2D eigenvalue weighted by atomic mass is 10.6. The Bertz CT molecular complexity index is 162. The summed E-state index contributed by atoms with van der Waals surface area (Å²) in [5.74, 6) is -1.98. The second-order valence-corrected chi connectivity index (χ2v) is 2.42. The van der Waals surface area contributed by atoms with Gasteiger partial charge in [-0.05, 0) is 0 Å². The molecule has 0 rings (SSSR count). The molecule has 0 aromatic rings. The third-order valence-electron chi connectivity index (χ3n) is 1.31. The summed E-state index contributed by atoms with van der Waals surface area (Å²) in [5.41, 5.74) is 0. The topological polar surface area (TPSA) is 81.1 Å². The molecule has 0 aromatic carbocycles. The molecule has 0 aliphatic heterocycles. The molecular formula is C6H12N2O4. The van der Waals surface area contributed by atoms with Crippen LogP contribution >= 0.6 is 0 Å². The number of carboxylic acid groups (broad SMARTS) is 2. The minimum absolute atomic E-state index is 0.205. The van der Waals surface area contributed by atoms with E-state index in [-0.39, 0.29) is 13.1 Å². The standard InChI is InChI=1S/C6H12N2O4/c1-7(3-5(9)10)8(2)4-6(11)12/h3-4H2,1-2H3,(H,9,10)(H,11,12). The SMILES string of the molecule is CN(CC(=O)O)N(C)CC(=O)O. The van der Waals surface area contributed by atoms with Crippen molar-refractivity contribution in [3.63, 3.8) is 0 Å². The molecule has 0 spiro atoms. The summed E-state index contributed by atoms with van der Waals surface area (Å²) in [6.45, 7) is -0.409. The van der Waals surface area contributed by atoms with Crippen LogP contribution in [0.25, 0.3) is 0 Å². The Morgan fingerprint density at radius 2 is 1.25 bits per heavy atom. The van der Waals surface area contributed by atoms with Crippen molar-refractivity contribution in [1.29, 1.82) is 0 Å². The van der Waals surface area contributed by atoms with Crippen LogP contribution in [-0.2, 0) is 9.59 Å². The molecular weight excluding hydrogens is 164 g/mol. The van der Waals surface area contributed by atoms with Crippen molar-refractivity contribution in [2.24, 2.45) is 0 Å². The molecule has 2 N–H and O–H groups in total. The predicted molar refractivity (Wildman–Crippen MR) is 40.5 cm³/mol. The highest BCUT2D eigenvalue weighted by atomic mass is 16.4. The first kappa shape index (κ1) is 10.9. The molecule has 0 aromatic heterocycles. The minimum atomic E-state index is -0.991. The number of hydrazine groups is 1. The zero-order valence-electron chi connectivity index (χ0n) is 7.02. The molecule has 0 unspecified atom stereocenters. The number of carboxylic acids is 2. The molecule has 12 heavy (non-hydrogen) atoms. The number of likely N-dealkylation sites (N-methyl/N-ethyl adjacent to an activating group) is 2. The van der Waals surface area contributed by atoms with E-state index in [9.17, 15) is 9.59 Å². The number of aliphatic carboxylic acids is 2. The van der Waals surface area contributed by atoms with E-state index < -0.39 is 11.9 Å². The van der Waals surface area contributed by atoms with Crippen LogP contribution in [0.4, 0.5) is 0 Å². The Kier molecular flexibility index (Phi) is 4.24. The van der Waals surface area contributed by atoms with Gasteiger partial charge < -0.3 is 10.2 Å². The molecule has 70 valence electrons. The smallest absolute Gasteiger partial charge is 0.319 e. The highest BCUT2D eigenvalue weighted by molar-refractivity contribution is 5.70. The first-order valence-corrected chi connectivity index (χ1v) is 3.29. The maximum atomic E-state index is 10.2. The van der Waals surface area contributed by atoms with Crippen LogP contribution in [0.1, 0.15) is 0 Å². The van der Waals surface area contributed by atoms with Crippen LogP contribution in [0.15, 0.2) is 0 Å². The maximum Gasteiger partial charge on any atom is 0.319 e. The second-order valence-electron chi connectivity index (χ2n) is 2.42. The van der Waals surface area contributed by atoms with Crippen molar-refractivity contribution < 1.29 is 19.8 Å². The van der Waals surface area contributed by atoms with Gasteiger partial charge in [0.1, 0.15) is 13.1 Å². The average Bonchev–Trinajstić information content (AvgIpc) is 1.84. The Morgan fingerprint density at radius 1 is 1.00 bits per heavy atom. The summed E-state index contributed by atoms with van der Waals surface area (Å²) in [6.07, 6.45) is 0. The lowest BCUT2D eigenvalue weighted by Gasteiger charge is -2.24. The molecule has 0 radical (unpaired) electrons. The fourth-order valence-electron chi connectivity index (χ4n) is 0.633. The van der Waals surface area contributed by atoms with Gasteiger partial charge in [-0.15, -0.1) is 0 Å². The van der Waals surface area contributed by atoms with Crippen molar-refractivity contribution in [2.75, 3.05) is 27.2 Å². The van der Waals surface area contributed by atoms with Gasteiger partial charge in [-0.2, -0.15) is 0 Å². The van der Waals surface area contributed by atoms with E-state index in [4.69, 9.17) is 10.2 Å². The van der Waals surface area contributed by atoms with Gasteiger partial charge in [0, 0.05) is 14.1 Å². The monoisotopic (exact) mass is 176 g/mol. The van der Waals surface area contributed by atoms with E-state index in [0.717, 1.165) is 0 Å². The molecule has 0 fully saturated rings. The summed E-state index contributed by atoms with van der Waals surface area (Å²) >= 11 is 0. The first-order valence-electron chi connectivity index (χ1n) is 3.29. The van der Waals surface area contributed by atoms with Gasteiger partial charge in [0.15, 0.2) is 0 Å². The first-order chi connectivity index (χ1) is 5.43. The van der Waals surface area contributed by atoms with E-state index in [1.54, 1.807) is 0 Å². The zero-order valence-corrected chi connectivity index (χ0v) is 7.02. The zero-order chi connectivity index (χ0) is 9.72. The highest BCUT2D eigenvalue weighted by Gasteiger charge is 2.11. The molecule has 0 saturated heterocycles. The summed E-state index contributed by atoms with van der Waals surface area (Å²) in [7, 11) is 3.02. The Hall–Kier alpha value is -1.14. The lowest BCUT2D eigenvalue weighted by Crippen LogP contribution is -2.42. The van der Waals surface area contributed by atoms with Crippen molar-refractivity contribution in [3.05, 3.63) is 0 Å². The fourth-order valence-corrected chi connectivity index (χ4v) is 0.633. The van der Waals surface area contributed by atoms with Crippen LogP contribution in [-0.4, -0.2) is 59.4 Å². The largest absolute Gasteiger partial charge is 0.480 e. The molecule has 0 heterocycles. The van der Waals surface area contributed by atoms with Gasteiger partial charge in [0.05, 0.1) is 0 Å². The second kappa shape index (κ2) is 4.68. The van der Waals surface area contributed by atoms with Crippen LogP contribution in [0.2, 0.25) is 0 Å². The summed E-state index contributed by atoms with van der Waals surface area (Å²) < 4.78 is 0. The number of rotatable bonds is 5. The fraction of sp³-hybridized carbons (Fsp3) is 0.667. The molecule has 0 aliphatic rings. The van der Waals surface area contributed by atoms with Crippen molar-refractivity contribution >= 4 is 11.9 Å². The molecule has 0 amide bonds. The Labute approximate surface area is 70.0 Å². The van der Waals surface area contributed by atoms with Gasteiger partial charge in [-0.1, -0.05) is 0 Å². The molecule has 0 saturated carbocycles. The van der Waals surface area contributed by atoms with Crippen LogP contribution in [0, 0.1) is 0 Å². The van der Waals surface area contributed by atoms with Crippen molar-refractivity contribution in [2.45, 2.75) is 0 Å². The van der Waals surface area contributed by atoms with E-state index >= 15 is 0 Å². The molecule has 0 atom stereocenters. The van der Waals surface area contributed by atoms with Crippen LogP contribution in [0.5, 0.6) is 0 Å². The van der Waals surface area contributed by atoms with Crippen LogP contribution < -0.4 is 0 Å². The number of carbonyl (C=O) groups is 2. The van der Waals surface area contributed by atoms with Crippen molar-refractivity contribution in [3.8, 4) is 0 Å². The highest BCUT2D eigenvalue weighted by Crippen LogP contribution is 1.89. The summed E-state index contributed by atoms with van der Waals surface area (Å²) in [6, 6.07) is 0. The predicted octanol–water partition coefficient (Wildman–Crippen LogP) is -1.07. The van der Waals surface area contributed by atoms with Gasteiger partial charge in [0.25, 0.3) is 0 Å². The maximum absolute atomic E-state index is 10.2. The van der Waals surface area contributed by atoms with E-state index in [1.807, 2.05) is 0 Å². The third-order valence-corrected chi connectivity index (χ3v) is 1.31. The summed E-state index contributed by atoms with van der Waals surface area (Å²) in [5, 5.41) is 19.3. The molecule has 6 nitrogen and oxygen atoms in total. The van der Waals surface area contributed by atoms with E-state index in [0.29, 0.717) is 0 Å². The molecule has 6 heteroatoms. The van der Waals surface area contributed by atoms with Gasteiger partial charge in [0.2, 0.25) is 0 Å². The third kappa shape index (κ3) is 4.64. The van der Waals surface area contributed by atoms with Gasteiger partial charge in [-0.3, -0.25) is 9.59 Å². The van der Waals surface area contributed by atoms with Gasteiger partial charge >= 0.3 is 11.9 Å². The lowest BCUT2D eigenvalue weighted by molar-refractivity contribution is -0.148. The average molecular weight is 176 g/mol.